The first-order valence-corrected chi connectivity index (χ1v) is 5.48. The highest BCUT2D eigenvalue weighted by atomic mass is 79.9. The van der Waals surface area contributed by atoms with Gasteiger partial charge in [-0.2, -0.15) is 0 Å². The predicted molar refractivity (Wildman–Crippen MR) is 60.6 cm³/mol. The van der Waals surface area contributed by atoms with Gasteiger partial charge in [-0.25, -0.2) is 4.98 Å². The number of rotatable bonds is 3. The zero-order valence-electron chi connectivity index (χ0n) is 8.29. The molecule has 0 aliphatic heterocycles. The van der Waals surface area contributed by atoms with Gasteiger partial charge >= 0.3 is 0 Å². The average Bonchev–Trinajstić information content (AvgIpc) is 2.15. The van der Waals surface area contributed by atoms with Crippen LogP contribution in [0, 0.1) is 6.92 Å². The number of halogens is 1. The summed E-state index contributed by atoms with van der Waals surface area (Å²) < 4.78 is 0. The van der Waals surface area contributed by atoms with Gasteiger partial charge in [-0.15, -0.1) is 0 Å². The first-order valence-electron chi connectivity index (χ1n) is 4.36. The van der Waals surface area contributed by atoms with E-state index >= 15 is 0 Å². The Balaban J connectivity index is 2.82. The third-order valence-corrected chi connectivity index (χ3v) is 3.08. The maximum atomic E-state index is 4.31. The van der Waals surface area contributed by atoms with Crippen LogP contribution in [-0.4, -0.2) is 23.4 Å². The molecule has 0 aliphatic carbocycles. The standard InChI is InChI=1S/C10H15BrN2/c1-8-4-5-12-10(6-8)13(3)9(2)7-11/h4-6,9H,7H2,1-3H3. The molecule has 0 bridgehead atoms. The molecule has 0 aromatic carbocycles. The van der Waals surface area contributed by atoms with E-state index in [2.05, 4.69) is 52.8 Å². The van der Waals surface area contributed by atoms with Gasteiger partial charge in [0.2, 0.25) is 0 Å². The Morgan fingerprint density at radius 2 is 2.31 bits per heavy atom. The lowest BCUT2D eigenvalue weighted by Gasteiger charge is -2.24. The molecule has 0 saturated carbocycles. The normalized spacial score (nSPS) is 12.6. The molecule has 13 heavy (non-hydrogen) atoms. The summed E-state index contributed by atoms with van der Waals surface area (Å²) >= 11 is 3.46. The molecule has 1 aromatic heterocycles. The van der Waals surface area contributed by atoms with E-state index in [1.807, 2.05) is 12.3 Å². The molecular formula is C10H15BrN2. The molecule has 0 spiro atoms. The Kier molecular flexibility index (Phi) is 3.72. The van der Waals surface area contributed by atoms with Gasteiger partial charge in [0, 0.05) is 24.6 Å². The molecule has 0 radical (unpaired) electrons. The van der Waals surface area contributed by atoms with Crippen LogP contribution in [-0.2, 0) is 0 Å². The molecule has 2 nitrogen and oxygen atoms in total. The van der Waals surface area contributed by atoms with E-state index < -0.39 is 0 Å². The number of nitrogens with zero attached hydrogens (tertiary/aromatic N) is 2. The SMILES string of the molecule is Cc1ccnc(N(C)C(C)CBr)c1. The van der Waals surface area contributed by atoms with Crippen molar-refractivity contribution in [3.05, 3.63) is 23.9 Å². The molecule has 0 N–H and O–H groups in total. The lowest BCUT2D eigenvalue weighted by molar-refractivity contribution is 0.757. The highest BCUT2D eigenvalue weighted by molar-refractivity contribution is 9.09. The number of alkyl halides is 1. The molecule has 3 heteroatoms. The van der Waals surface area contributed by atoms with Crippen LogP contribution in [0.25, 0.3) is 0 Å². The highest BCUT2D eigenvalue weighted by Crippen LogP contribution is 2.13. The van der Waals surface area contributed by atoms with Crippen LogP contribution >= 0.6 is 15.9 Å². The quantitative estimate of drug-likeness (QED) is 0.758. The van der Waals surface area contributed by atoms with E-state index in [1.54, 1.807) is 0 Å². The van der Waals surface area contributed by atoms with Crippen molar-refractivity contribution in [1.82, 2.24) is 4.98 Å². The van der Waals surface area contributed by atoms with Gasteiger partial charge in [-0.1, -0.05) is 15.9 Å². The minimum atomic E-state index is 0.467. The summed E-state index contributed by atoms with van der Waals surface area (Å²) in [6.07, 6.45) is 1.85. The first-order chi connectivity index (χ1) is 6.15. The maximum absolute atomic E-state index is 4.31. The maximum Gasteiger partial charge on any atom is 0.128 e. The summed E-state index contributed by atoms with van der Waals surface area (Å²) in [6, 6.07) is 4.57. The van der Waals surface area contributed by atoms with Crippen LogP contribution in [0.2, 0.25) is 0 Å². The van der Waals surface area contributed by atoms with Crippen molar-refractivity contribution in [1.29, 1.82) is 0 Å². The number of aromatic nitrogens is 1. The van der Waals surface area contributed by atoms with Crippen LogP contribution in [0.4, 0.5) is 5.82 Å². The van der Waals surface area contributed by atoms with Crippen LogP contribution in [0.1, 0.15) is 12.5 Å². The summed E-state index contributed by atoms with van der Waals surface area (Å²) in [5.41, 5.74) is 1.25. The van der Waals surface area contributed by atoms with Crippen LogP contribution in [0.3, 0.4) is 0 Å². The van der Waals surface area contributed by atoms with Crippen molar-refractivity contribution < 1.29 is 0 Å². The molecule has 0 fully saturated rings. The van der Waals surface area contributed by atoms with Gasteiger partial charge in [0.15, 0.2) is 0 Å². The third kappa shape index (κ3) is 2.69. The van der Waals surface area contributed by atoms with Crippen LogP contribution in [0.5, 0.6) is 0 Å². The van der Waals surface area contributed by atoms with Gasteiger partial charge in [-0.05, 0) is 31.5 Å². The first kappa shape index (κ1) is 10.5. The van der Waals surface area contributed by atoms with E-state index in [1.165, 1.54) is 5.56 Å². The molecule has 0 amide bonds. The van der Waals surface area contributed by atoms with Gasteiger partial charge in [0.1, 0.15) is 5.82 Å². The van der Waals surface area contributed by atoms with E-state index in [0.29, 0.717) is 6.04 Å². The second-order valence-electron chi connectivity index (χ2n) is 3.31. The molecular weight excluding hydrogens is 228 g/mol. The summed E-state index contributed by atoms with van der Waals surface area (Å²) in [5.74, 6) is 1.03. The van der Waals surface area contributed by atoms with Crippen molar-refractivity contribution in [3.63, 3.8) is 0 Å². The fourth-order valence-corrected chi connectivity index (χ4v) is 1.48. The lowest BCUT2D eigenvalue weighted by Crippen LogP contribution is -2.30. The average molecular weight is 243 g/mol. The fraction of sp³-hybridized carbons (Fsp3) is 0.500. The van der Waals surface area contributed by atoms with Gasteiger partial charge < -0.3 is 4.90 Å². The van der Waals surface area contributed by atoms with Crippen LogP contribution in [0.15, 0.2) is 18.3 Å². The van der Waals surface area contributed by atoms with Crippen molar-refractivity contribution >= 4 is 21.7 Å². The van der Waals surface area contributed by atoms with Gasteiger partial charge in [0.25, 0.3) is 0 Å². The van der Waals surface area contributed by atoms with Crippen molar-refractivity contribution in [2.45, 2.75) is 19.9 Å². The zero-order chi connectivity index (χ0) is 9.84. The Bertz CT molecular complexity index is 275. The molecule has 0 aliphatic rings. The van der Waals surface area contributed by atoms with Crippen molar-refractivity contribution in [2.75, 3.05) is 17.3 Å². The van der Waals surface area contributed by atoms with E-state index in [0.717, 1.165) is 11.1 Å². The largest absolute Gasteiger partial charge is 0.356 e. The second-order valence-corrected chi connectivity index (χ2v) is 3.95. The molecule has 72 valence electrons. The highest BCUT2D eigenvalue weighted by Gasteiger charge is 2.08. The van der Waals surface area contributed by atoms with Crippen molar-refractivity contribution in [2.24, 2.45) is 0 Å². The topological polar surface area (TPSA) is 16.1 Å². The van der Waals surface area contributed by atoms with E-state index in [4.69, 9.17) is 0 Å². The van der Waals surface area contributed by atoms with E-state index in [9.17, 15) is 0 Å². The second kappa shape index (κ2) is 4.61. The Morgan fingerprint density at radius 1 is 1.62 bits per heavy atom. The Morgan fingerprint density at radius 3 is 2.85 bits per heavy atom. The number of hydrogen-bond donors (Lipinski definition) is 0. The van der Waals surface area contributed by atoms with Crippen LogP contribution < -0.4 is 4.90 Å². The Labute approximate surface area is 88.1 Å². The minimum absolute atomic E-state index is 0.467. The van der Waals surface area contributed by atoms with E-state index in [-0.39, 0.29) is 0 Å². The summed E-state index contributed by atoms with van der Waals surface area (Å²) in [6.45, 7) is 4.25. The minimum Gasteiger partial charge on any atom is -0.356 e. The molecule has 1 unspecified atom stereocenters. The molecule has 1 rings (SSSR count). The number of anilines is 1. The number of aryl methyl sites for hydroxylation is 1. The number of hydrogen-bond acceptors (Lipinski definition) is 2. The Hall–Kier alpha value is -0.570. The smallest absolute Gasteiger partial charge is 0.128 e. The van der Waals surface area contributed by atoms with Gasteiger partial charge in [0.05, 0.1) is 0 Å². The fourth-order valence-electron chi connectivity index (χ4n) is 1.04. The number of pyridine rings is 1. The van der Waals surface area contributed by atoms with Gasteiger partial charge in [-0.3, -0.25) is 0 Å². The summed E-state index contributed by atoms with van der Waals surface area (Å²) in [7, 11) is 2.06. The monoisotopic (exact) mass is 242 g/mol. The summed E-state index contributed by atoms with van der Waals surface area (Å²) in [4.78, 5) is 6.48. The summed E-state index contributed by atoms with van der Waals surface area (Å²) in [5, 5.41) is 0.957. The molecule has 0 saturated heterocycles. The molecule has 1 heterocycles. The van der Waals surface area contributed by atoms with Crippen molar-refractivity contribution in [3.8, 4) is 0 Å². The predicted octanol–water partition coefficient (Wildman–Crippen LogP) is 2.61. The zero-order valence-corrected chi connectivity index (χ0v) is 9.87. The molecule has 1 atom stereocenters. The molecule has 1 aromatic rings. The lowest BCUT2D eigenvalue weighted by atomic mass is 10.2. The third-order valence-electron chi connectivity index (χ3n) is 2.15.